The van der Waals surface area contributed by atoms with Crippen LogP contribution in [-0.2, 0) is 11.2 Å². The van der Waals surface area contributed by atoms with E-state index < -0.39 is 36.3 Å². The summed E-state index contributed by atoms with van der Waals surface area (Å²) in [4.78, 5) is 27.1. The molecule has 0 saturated heterocycles. The van der Waals surface area contributed by atoms with E-state index in [0.29, 0.717) is 11.1 Å². The maximum Gasteiger partial charge on any atom is 0.490 e. The first kappa shape index (κ1) is 28.1. The molecular weight excluding hydrogens is 498 g/mol. The number of pyridine rings is 1. The number of H-pyrrole nitrogens is 1. The normalized spacial score (nSPS) is 10.9. The summed E-state index contributed by atoms with van der Waals surface area (Å²) in [5.41, 5.74) is 5.34. The highest BCUT2D eigenvalue weighted by molar-refractivity contribution is 5.73. The number of rotatable bonds is 6. The first-order chi connectivity index (χ1) is 16.8. The van der Waals surface area contributed by atoms with Gasteiger partial charge < -0.3 is 15.7 Å². The van der Waals surface area contributed by atoms with Gasteiger partial charge >= 0.3 is 17.8 Å². The van der Waals surface area contributed by atoms with Gasteiger partial charge in [0.05, 0.1) is 5.69 Å². The van der Waals surface area contributed by atoms with Crippen LogP contribution in [0.2, 0.25) is 0 Å². The van der Waals surface area contributed by atoms with Crippen molar-refractivity contribution in [2.24, 2.45) is 5.73 Å². The van der Waals surface area contributed by atoms with Gasteiger partial charge in [0.1, 0.15) is 17.5 Å². The van der Waals surface area contributed by atoms with Crippen molar-refractivity contribution in [2.45, 2.75) is 12.6 Å². The van der Waals surface area contributed by atoms with Crippen LogP contribution >= 0.6 is 0 Å². The van der Waals surface area contributed by atoms with Crippen molar-refractivity contribution in [2.75, 3.05) is 25.5 Å². The third-order valence-electron chi connectivity index (χ3n) is 4.60. The van der Waals surface area contributed by atoms with Crippen molar-refractivity contribution in [1.29, 1.82) is 0 Å². The van der Waals surface area contributed by atoms with Crippen LogP contribution < -0.4 is 16.3 Å². The summed E-state index contributed by atoms with van der Waals surface area (Å²) in [5.74, 6) is -2.77. The number of halogens is 6. The Labute approximate surface area is 199 Å². The van der Waals surface area contributed by atoms with Crippen molar-refractivity contribution < 1.29 is 36.2 Å². The number of aromatic nitrogens is 4. The van der Waals surface area contributed by atoms with E-state index in [1.165, 1.54) is 12.1 Å². The van der Waals surface area contributed by atoms with Crippen LogP contribution in [0, 0.1) is 5.82 Å². The van der Waals surface area contributed by atoms with E-state index >= 15 is 0 Å². The summed E-state index contributed by atoms with van der Waals surface area (Å²) in [6.07, 6.45) is -5.80. The largest absolute Gasteiger partial charge is 0.490 e. The minimum absolute atomic E-state index is 0.0631. The second-order valence-electron chi connectivity index (χ2n) is 7.29. The SMILES string of the molecule is CN(C)c1ccc(-c2ccc(-n3c(CC(CN)=C(F)F)n[nH]c3=O)c(F)c2)cn1.O=C(O)C(F)(F)F. The van der Waals surface area contributed by atoms with Gasteiger partial charge in [-0.2, -0.15) is 27.1 Å². The Balaban J connectivity index is 0.000000572. The number of nitrogens with zero attached hydrogens (tertiary/aromatic N) is 4. The number of carbonyl (C=O) groups is 1. The van der Waals surface area contributed by atoms with Crippen molar-refractivity contribution >= 4 is 11.8 Å². The molecule has 0 aliphatic carbocycles. The molecule has 0 aliphatic rings. The molecule has 15 heteroatoms. The molecule has 194 valence electrons. The lowest BCUT2D eigenvalue weighted by Crippen LogP contribution is -2.21. The number of hydrogen-bond acceptors (Lipinski definition) is 6. The summed E-state index contributed by atoms with van der Waals surface area (Å²) in [6.45, 7) is -0.402. The van der Waals surface area contributed by atoms with Gasteiger partial charge in [0.15, 0.2) is 0 Å². The maximum absolute atomic E-state index is 14.8. The van der Waals surface area contributed by atoms with E-state index in [1.807, 2.05) is 19.0 Å². The Bertz CT molecular complexity index is 1290. The third kappa shape index (κ3) is 6.94. The number of hydrogen-bond donors (Lipinski definition) is 3. The number of carboxylic acids is 1. The predicted octanol–water partition coefficient (Wildman–Crippen LogP) is 3.11. The quantitative estimate of drug-likeness (QED) is 0.428. The number of anilines is 1. The van der Waals surface area contributed by atoms with Crippen LogP contribution in [0.5, 0.6) is 0 Å². The highest BCUT2D eigenvalue weighted by Gasteiger charge is 2.38. The summed E-state index contributed by atoms with van der Waals surface area (Å²) >= 11 is 0. The van der Waals surface area contributed by atoms with Gasteiger partial charge in [-0.15, -0.1) is 0 Å². The van der Waals surface area contributed by atoms with Gasteiger partial charge in [-0.1, -0.05) is 6.07 Å². The van der Waals surface area contributed by atoms with E-state index in [0.717, 1.165) is 10.4 Å². The first-order valence-corrected chi connectivity index (χ1v) is 9.89. The van der Waals surface area contributed by atoms with Gasteiger partial charge in [0.2, 0.25) is 0 Å². The molecule has 36 heavy (non-hydrogen) atoms. The monoisotopic (exact) mass is 518 g/mol. The Morgan fingerprint density at radius 2 is 1.78 bits per heavy atom. The minimum Gasteiger partial charge on any atom is -0.475 e. The number of nitrogens with two attached hydrogens (primary N) is 1. The molecule has 4 N–H and O–H groups in total. The zero-order chi connectivity index (χ0) is 27.2. The van der Waals surface area contributed by atoms with Gasteiger partial charge in [-0.25, -0.2) is 28.6 Å². The Morgan fingerprint density at radius 3 is 2.22 bits per heavy atom. The lowest BCUT2D eigenvalue weighted by atomic mass is 10.1. The number of aromatic amines is 1. The molecule has 2 aromatic heterocycles. The Kier molecular flexibility index (Phi) is 9.00. The summed E-state index contributed by atoms with van der Waals surface area (Å²) < 4.78 is 73.3. The van der Waals surface area contributed by atoms with Crippen molar-refractivity contribution in [1.82, 2.24) is 19.7 Å². The smallest absolute Gasteiger partial charge is 0.475 e. The van der Waals surface area contributed by atoms with Gasteiger partial charge in [-0.05, 0) is 29.8 Å². The maximum atomic E-state index is 14.8. The standard InChI is InChI=1S/C19H19F3N6O.C2HF3O2/c1-27(2)16-6-4-12(10-24-16)11-3-5-15(14(20)7-11)28-17(25-26-19(28)29)8-13(9-23)18(21)22;3-2(4,5)1(6)7/h3-7,10H,8-9,23H2,1-2H3,(H,26,29);(H,6,7). The average molecular weight is 518 g/mol. The molecule has 0 saturated carbocycles. The van der Waals surface area contributed by atoms with E-state index in [4.69, 9.17) is 15.6 Å². The van der Waals surface area contributed by atoms with Crippen LogP contribution in [-0.4, -0.2) is 57.6 Å². The lowest BCUT2D eigenvalue weighted by molar-refractivity contribution is -0.192. The molecule has 0 spiro atoms. The van der Waals surface area contributed by atoms with Gasteiger partial charge in [0.25, 0.3) is 6.08 Å². The van der Waals surface area contributed by atoms with Crippen LogP contribution in [0.15, 0.2) is 53.0 Å². The molecule has 0 radical (unpaired) electrons. The molecule has 0 fully saturated rings. The molecule has 0 unspecified atom stereocenters. The van der Waals surface area contributed by atoms with Crippen LogP contribution in [0.1, 0.15) is 5.82 Å². The zero-order valence-electron chi connectivity index (χ0n) is 18.8. The van der Waals surface area contributed by atoms with Gasteiger partial charge in [-0.3, -0.25) is 0 Å². The molecule has 0 atom stereocenters. The highest BCUT2D eigenvalue weighted by atomic mass is 19.4. The topological polar surface area (TPSA) is 130 Å². The van der Waals surface area contributed by atoms with Crippen LogP contribution in [0.3, 0.4) is 0 Å². The third-order valence-corrected chi connectivity index (χ3v) is 4.60. The van der Waals surface area contributed by atoms with Crippen molar-refractivity contribution in [3.8, 4) is 16.8 Å². The van der Waals surface area contributed by atoms with E-state index in [1.54, 1.807) is 24.4 Å². The zero-order valence-corrected chi connectivity index (χ0v) is 18.8. The molecule has 0 bridgehead atoms. The molecule has 1 aromatic carbocycles. The van der Waals surface area contributed by atoms with E-state index in [2.05, 4.69) is 15.2 Å². The number of alkyl halides is 3. The Morgan fingerprint density at radius 1 is 1.17 bits per heavy atom. The average Bonchev–Trinajstić information content (AvgIpc) is 3.16. The molecule has 9 nitrogen and oxygen atoms in total. The molecule has 3 aromatic rings. The summed E-state index contributed by atoms with van der Waals surface area (Å²) in [5, 5.41) is 13.0. The lowest BCUT2D eigenvalue weighted by Gasteiger charge is -2.12. The summed E-state index contributed by atoms with van der Waals surface area (Å²) in [7, 11) is 3.72. The number of nitrogens with one attached hydrogen (secondary N) is 1. The highest BCUT2D eigenvalue weighted by Crippen LogP contribution is 2.25. The molecule has 2 heterocycles. The van der Waals surface area contributed by atoms with Crippen molar-refractivity contribution in [3.05, 3.63) is 70.3 Å². The number of carboxylic acid groups (broad SMARTS) is 1. The molecular formula is C21H20F6N6O3. The fourth-order valence-electron chi connectivity index (χ4n) is 2.79. The molecule has 0 amide bonds. The number of benzene rings is 1. The fraction of sp³-hybridized carbons (Fsp3) is 0.238. The molecule has 3 rings (SSSR count). The number of aliphatic carboxylic acids is 1. The fourth-order valence-corrected chi connectivity index (χ4v) is 2.79. The van der Waals surface area contributed by atoms with Crippen molar-refractivity contribution in [3.63, 3.8) is 0 Å². The predicted molar refractivity (Wildman–Crippen MR) is 117 cm³/mol. The van der Waals surface area contributed by atoms with E-state index in [9.17, 15) is 31.1 Å². The first-order valence-electron chi connectivity index (χ1n) is 9.89. The molecule has 0 aliphatic heterocycles. The second kappa shape index (κ2) is 11.5. The second-order valence-corrected chi connectivity index (χ2v) is 7.29. The minimum atomic E-state index is -5.08. The van der Waals surface area contributed by atoms with Crippen LogP contribution in [0.25, 0.3) is 16.8 Å². The summed E-state index contributed by atoms with van der Waals surface area (Å²) in [6, 6.07) is 7.85. The van der Waals surface area contributed by atoms with Gasteiger partial charge in [0, 0.05) is 44.4 Å². The van der Waals surface area contributed by atoms with Crippen LogP contribution in [0.4, 0.5) is 32.2 Å². The van der Waals surface area contributed by atoms with E-state index in [-0.39, 0.29) is 23.5 Å². The Hall–Kier alpha value is -4.14.